The Labute approximate surface area is 176 Å². The Hall–Kier alpha value is -3.07. The minimum Gasteiger partial charge on any atom is -0.497 e. The molecule has 1 aliphatic heterocycles. The van der Waals surface area contributed by atoms with Crippen LogP contribution in [0.1, 0.15) is 31.1 Å². The zero-order valence-corrected chi connectivity index (χ0v) is 18.4. The van der Waals surface area contributed by atoms with E-state index in [1.54, 1.807) is 37.3 Å². The van der Waals surface area contributed by atoms with Gasteiger partial charge in [0.05, 0.1) is 25.6 Å². The minimum absolute atomic E-state index is 0.0130. The molecule has 0 aliphatic carbocycles. The summed E-state index contributed by atoms with van der Waals surface area (Å²) >= 11 is 0. The van der Waals surface area contributed by atoms with Crippen LogP contribution in [0.15, 0.2) is 45.7 Å². The summed E-state index contributed by atoms with van der Waals surface area (Å²) in [7, 11) is -0.877. The average molecular weight is 432 g/mol. The number of hydrogen-bond acceptors (Lipinski definition) is 6. The molecule has 0 saturated carbocycles. The van der Waals surface area contributed by atoms with Crippen LogP contribution in [0.4, 0.5) is 11.4 Å². The van der Waals surface area contributed by atoms with Crippen molar-refractivity contribution >= 4 is 33.1 Å². The fourth-order valence-electron chi connectivity index (χ4n) is 3.23. The molecule has 0 spiro atoms. The molecule has 0 saturated heterocycles. The maximum Gasteiger partial charge on any atom is 0.286 e. The molecule has 8 nitrogen and oxygen atoms in total. The second-order valence-electron chi connectivity index (χ2n) is 7.32. The maximum absolute atomic E-state index is 12.9. The van der Waals surface area contributed by atoms with Crippen LogP contribution in [0.2, 0.25) is 0 Å². The Morgan fingerprint density at radius 3 is 2.50 bits per heavy atom. The number of sulfonamides is 1. The smallest absolute Gasteiger partial charge is 0.286 e. The van der Waals surface area contributed by atoms with E-state index in [2.05, 4.69) is 9.71 Å². The van der Waals surface area contributed by atoms with Crippen LogP contribution in [0.5, 0.6) is 11.5 Å². The predicted molar refractivity (Wildman–Crippen MR) is 116 cm³/mol. The number of nitrogens with one attached hydrogen (secondary N) is 1. The summed E-state index contributed by atoms with van der Waals surface area (Å²) in [5.41, 5.74) is 1.13. The van der Waals surface area contributed by atoms with Gasteiger partial charge in [0, 0.05) is 18.2 Å². The fourth-order valence-corrected chi connectivity index (χ4v) is 4.50. The Balaban J connectivity index is 1.98. The second-order valence-corrected chi connectivity index (χ2v) is 8.89. The third kappa shape index (κ3) is 4.25. The van der Waals surface area contributed by atoms with E-state index in [1.165, 1.54) is 20.3 Å². The van der Waals surface area contributed by atoms with Crippen molar-refractivity contribution in [1.82, 2.24) is 0 Å². The quantitative estimate of drug-likeness (QED) is 0.751. The van der Waals surface area contributed by atoms with Gasteiger partial charge in [0.25, 0.3) is 15.9 Å². The highest BCUT2D eigenvalue weighted by atomic mass is 32.2. The zero-order chi connectivity index (χ0) is 22.1. The summed E-state index contributed by atoms with van der Waals surface area (Å²) in [5, 5.41) is 2.75. The van der Waals surface area contributed by atoms with Gasteiger partial charge in [-0.05, 0) is 43.2 Å². The molecule has 1 heterocycles. The molecule has 0 bridgehead atoms. The van der Waals surface area contributed by atoms with Crippen LogP contribution in [-0.2, 0) is 10.0 Å². The van der Waals surface area contributed by atoms with Crippen molar-refractivity contribution in [2.45, 2.75) is 25.7 Å². The van der Waals surface area contributed by atoms with Crippen molar-refractivity contribution < 1.29 is 22.7 Å². The summed E-state index contributed by atoms with van der Waals surface area (Å²) in [4.78, 5) is 14.7. The second kappa shape index (κ2) is 8.35. The maximum atomic E-state index is 12.9. The third-order valence-corrected chi connectivity index (χ3v) is 6.02. The van der Waals surface area contributed by atoms with Crippen LogP contribution in [0, 0.1) is 5.92 Å². The molecule has 2 aromatic rings. The molecular formula is C21H25N3O5S. The lowest BCUT2D eigenvalue weighted by molar-refractivity contribution is 0.102. The Kier molecular flexibility index (Phi) is 6.02. The monoisotopic (exact) mass is 431 g/mol. The van der Waals surface area contributed by atoms with Crippen LogP contribution in [0.3, 0.4) is 0 Å². The van der Waals surface area contributed by atoms with Crippen molar-refractivity contribution in [2.24, 2.45) is 10.3 Å². The first-order valence-electron chi connectivity index (χ1n) is 9.42. The molecule has 0 radical (unpaired) electrons. The molecule has 9 heteroatoms. The highest BCUT2D eigenvalue weighted by Gasteiger charge is 2.30. The lowest BCUT2D eigenvalue weighted by atomic mass is 10.1. The van der Waals surface area contributed by atoms with Crippen LogP contribution < -0.4 is 19.7 Å². The molecule has 3 rings (SSSR count). The van der Waals surface area contributed by atoms with E-state index in [1.807, 2.05) is 18.7 Å². The highest BCUT2D eigenvalue weighted by molar-refractivity contribution is 7.90. The number of nitrogens with zero attached hydrogens (tertiary/aromatic N) is 2. The van der Waals surface area contributed by atoms with E-state index in [4.69, 9.17) is 9.47 Å². The number of carbonyl (C=O) groups is 1. The number of amides is 1. The van der Waals surface area contributed by atoms with Gasteiger partial charge in [-0.1, -0.05) is 13.8 Å². The number of ether oxygens (including phenoxy) is 2. The molecule has 1 N–H and O–H groups in total. The number of rotatable bonds is 6. The van der Waals surface area contributed by atoms with Gasteiger partial charge < -0.3 is 19.7 Å². The number of amidine groups is 1. The lowest BCUT2D eigenvalue weighted by Gasteiger charge is -2.30. The third-order valence-electron chi connectivity index (χ3n) is 4.64. The number of fused-ring (bicyclic) bond motifs is 1. The van der Waals surface area contributed by atoms with Crippen LogP contribution in [0.25, 0.3) is 0 Å². The summed E-state index contributed by atoms with van der Waals surface area (Å²) < 4.78 is 39.6. The van der Waals surface area contributed by atoms with E-state index in [9.17, 15) is 13.2 Å². The van der Waals surface area contributed by atoms with Crippen molar-refractivity contribution in [3.8, 4) is 11.5 Å². The average Bonchev–Trinajstić information content (AvgIpc) is 2.70. The first-order valence-corrected chi connectivity index (χ1v) is 10.9. The molecule has 0 aromatic heterocycles. The van der Waals surface area contributed by atoms with E-state index in [0.717, 1.165) is 0 Å². The van der Waals surface area contributed by atoms with Gasteiger partial charge in [-0.3, -0.25) is 4.79 Å². The molecule has 0 fully saturated rings. The Morgan fingerprint density at radius 2 is 1.87 bits per heavy atom. The molecule has 1 aliphatic rings. The number of hydrogen-bond donors (Lipinski definition) is 1. The van der Waals surface area contributed by atoms with Crippen molar-refractivity contribution in [3.63, 3.8) is 0 Å². The first kappa shape index (κ1) is 21.6. The van der Waals surface area contributed by atoms with Gasteiger partial charge in [-0.15, -0.1) is 4.40 Å². The van der Waals surface area contributed by atoms with Gasteiger partial charge in [0.2, 0.25) is 0 Å². The summed E-state index contributed by atoms with van der Waals surface area (Å²) in [6.45, 7) is 6.36. The minimum atomic E-state index is -3.89. The van der Waals surface area contributed by atoms with Crippen LogP contribution >= 0.6 is 0 Å². The summed E-state index contributed by atoms with van der Waals surface area (Å²) in [6.07, 6.45) is 0. The Morgan fingerprint density at radius 1 is 1.13 bits per heavy atom. The van der Waals surface area contributed by atoms with E-state index >= 15 is 0 Å². The number of benzene rings is 2. The van der Waals surface area contributed by atoms with E-state index in [0.29, 0.717) is 41.2 Å². The zero-order valence-electron chi connectivity index (χ0n) is 17.6. The number of methoxy groups -OCH3 is 2. The number of carbonyl (C=O) groups excluding carboxylic acids is 1. The normalized spacial score (nSPS) is 14.7. The lowest BCUT2D eigenvalue weighted by Crippen LogP contribution is -2.36. The molecule has 160 valence electrons. The molecule has 0 atom stereocenters. The van der Waals surface area contributed by atoms with Crippen molar-refractivity contribution in [3.05, 3.63) is 42.0 Å². The van der Waals surface area contributed by atoms with Crippen molar-refractivity contribution in [2.75, 3.05) is 31.0 Å². The molecule has 1 amide bonds. The largest absolute Gasteiger partial charge is 0.497 e. The predicted octanol–water partition coefficient (Wildman–Crippen LogP) is 3.54. The highest BCUT2D eigenvalue weighted by Crippen LogP contribution is 2.34. The topological polar surface area (TPSA) is 97.3 Å². The Bertz CT molecular complexity index is 1110. The summed E-state index contributed by atoms with van der Waals surface area (Å²) in [6, 6.07) is 9.61. The van der Waals surface area contributed by atoms with Crippen molar-refractivity contribution in [1.29, 1.82) is 0 Å². The van der Waals surface area contributed by atoms with E-state index < -0.39 is 15.9 Å². The molecule has 2 aromatic carbocycles. The molecule has 0 unspecified atom stereocenters. The standard InChI is InChI=1S/C21H25N3O5S/c1-13(2)12-24-14(3)23-30(26,27)20-10-15(6-8-18(20)24)21(25)22-17-11-16(28-4)7-9-19(17)29-5/h6-11,13H,12H2,1-5H3,(H,22,25). The van der Waals surface area contributed by atoms with Gasteiger partial charge >= 0.3 is 0 Å². The van der Waals surface area contributed by atoms with Gasteiger partial charge in [0.1, 0.15) is 22.2 Å². The van der Waals surface area contributed by atoms with E-state index in [-0.39, 0.29) is 10.5 Å². The first-order chi connectivity index (χ1) is 14.2. The number of anilines is 2. The molecule has 30 heavy (non-hydrogen) atoms. The van der Waals surface area contributed by atoms with Gasteiger partial charge in [0.15, 0.2) is 0 Å². The van der Waals surface area contributed by atoms with Gasteiger partial charge in [-0.2, -0.15) is 8.42 Å². The SMILES string of the molecule is COc1ccc(OC)c(NC(=O)c2ccc3c(c2)S(=O)(=O)N=C(C)N3CC(C)C)c1. The van der Waals surface area contributed by atoms with Gasteiger partial charge in [-0.25, -0.2) is 0 Å². The van der Waals surface area contributed by atoms with Crippen LogP contribution in [-0.4, -0.2) is 40.9 Å². The molecular weight excluding hydrogens is 406 g/mol. The summed E-state index contributed by atoms with van der Waals surface area (Å²) in [5.74, 6) is 1.24. The fraction of sp³-hybridized carbons (Fsp3) is 0.333.